The zero-order chi connectivity index (χ0) is 12.8. The van der Waals surface area contributed by atoms with E-state index >= 15 is 0 Å². The van der Waals surface area contributed by atoms with Gasteiger partial charge in [-0.3, -0.25) is 10.1 Å². The van der Waals surface area contributed by atoms with Crippen molar-refractivity contribution in [2.24, 2.45) is 0 Å². The molecule has 1 aromatic rings. The van der Waals surface area contributed by atoms with Gasteiger partial charge in [0.2, 0.25) is 0 Å². The van der Waals surface area contributed by atoms with E-state index in [0.29, 0.717) is 0 Å². The van der Waals surface area contributed by atoms with E-state index in [-0.39, 0.29) is 30.5 Å². The van der Waals surface area contributed by atoms with Crippen LogP contribution in [-0.2, 0) is 4.74 Å². The maximum atomic E-state index is 10.6. The van der Waals surface area contributed by atoms with Crippen molar-refractivity contribution in [2.45, 2.75) is 6.04 Å². The topological polar surface area (TPSA) is 124 Å². The Morgan fingerprint density at radius 1 is 1.71 bits per heavy atom. The van der Waals surface area contributed by atoms with Crippen LogP contribution in [0.3, 0.4) is 0 Å². The van der Waals surface area contributed by atoms with Gasteiger partial charge in [-0.2, -0.15) is 0 Å². The first-order valence-electron chi connectivity index (χ1n) is 4.85. The third kappa shape index (κ3) is 3.85. The molecule has 0 spiro atoms. The predicted octanol–water partition coefficient (Wildman–Crippen LogP) is -0.00880. The van der Waals surface area contributed by atoms with Crippen molar-refractivity contribution >= 4 is 17.3 Å². The van der Waals surface area contributed by atoms with Gasteiger partial charge in [-0.05, 0) is 0 Å². The molecule has 94 valence electrons. The predicted molar refractivity (Wildman–Crippen MR) is 61.7 cm³/mol. The minimum atomic E-state index is -0.562. The van der Waals surface area contributed by atoms with Gasteiger partial charge >= 0.3 is 0 Å². The van der Waals surface area contributed by atoms with Crippen molar-refractivity contribution in [3.8, 4) is 0 Å². The SMILES string of the molecule is COCC(CO)Nc1cc([N+](=O)[O-])cc(N)n1. The molecule has 1 unspecified atom stereocenters. The Hall–Kier alpha value is -1.93. The Balaban J connectivity index is 2.86. The number of nitrogens with zero attached hydrogens (tertiary/aromatic N) is 2. The molecule has 8 heteroatoms. The average Bonchev–Trinajstić information content (AvgIpc) is 2.27. The molecular formula is C9H14N4O4. The summed E-state index contributed by atoms with van der Waals surface area (Å²) in [7, 11) is 1.49. The highest BCUT2D eigenvalue weighted by Crippen LogP contribution is 2.19. The van der Waals surface area contributed by atoms with Crippen LogP contribution in [0.4, 0.5) is 17.3 Å². The van der Waals surface area contributed by atoms with Gasteiger partial charge in [0.05, 0.1) is 36.3 Å². The molecule has 0 aliphatic heterocycles. The minimum Gasteiger partial charge on any atom is -0.394 e. The summed E-state index contributed by atoms with van der Waals surface area (Å²) in [6.45, 7) is 0.0683. The summed E-state index contributed by atoms with van der Waals surface area (Å²) >= 11 is 0. The quantitative estimate of drug-likeness (QED) is 0.473. The van der Waals surface area contributed by atoms with E-state index in [1.54, 1.807) is 0 Å². The average molecular weight is 242 g/mol. The summed E-state index contributed by atoms with van der Waals surface area (Å²) in [5.74, 6) is 0.267. The van der Waals surface area contributed by atoms with E-state index < -0.39 is 11.0 Å². The van der Waals surface area contributed by atoms with E-state index in [1.807, 2.05) is 0 Å². The zero-order valence-corrected chi connectivity index (χ0v) is 9.29. The molecule has 0 aliphatic carbocycles. The van der Waals surface area contributed by atoms with E-state index in [0.717, 1.165) is 6.07 Å². The highest BCUT2D eigenvalue weighted by Gasteiger charge is 2.13. The largest absolute Gasteiger partial charge is 0.394 e. The number of nitrogen functional groups attached to an aromatic ring is 1. The van der Waals surface area contributed by atoms with Crippen molar-refractivity contribution in [3.63, 3.8) is 0 Å². The lowest BCUT2D eigenvalue weighted by Crippen LogP contribution is -2.29. The fourth-order valence-electron chi connectivity index (χ4n) is 1.27. The number of nitrogens with one attached hydrogen (secondary N) is 1. The number of aromatic nitrogens is 1. The molecule has 0 fully saturated rings. The van der Waals surface area contributed by atoms with E-state index in [4.69, 9.17) is 15.6 Å². The summed E-state index contributed by atoms with van der Waals surface area (Å²) in [4.78, 5) is 13.9. The molecule has 1 heterocycles. The summed E-state index contributed by atoms with van der Waals surface area (Å²) < 4.78 is 4.86. The molecule has 8 nitrogen and oxygen atoms in total. The Morgan fingerprint density at radius 3 is 2.94 bits per heavy atom. The molecule has 0 radical (unpaired) electrons. The maximum Gasteiger partial charge on any atom is 0.276 e. The van der Waals surface area contributed by atoms with Crippen LogP contribution in [0.1, 0.15) is 0 Å². The number of pyridine rings is 1. The van der Waals surface area contributed by atoms with Crippen molar-refractivity contribution in [3.05, 3.63) is 22.2 Å². The number of hydrogen-bond donors (Lipinski definition) is 3. The number of aliphatic hydroxyl groups is 1. The van der Waals surface area contributed by atoms with Crippen LogP contribution in [0.25, 0.3) is 0 Å². The number of ether oxygens (including phenoxy) is 1. The molecule has 1 rings (SSSR count). The second kappa shape index (κ2) is 5.97. The summed E-state index contributed by atoms with van der Waals surface area (Å²) in [6, 6.07) is 2.01. The standard InChI is InChI=1S/C9H14N4O4/c1-17-5-6(4-14)11-9-3-7(13(15)16)2-8(10)12-9/h2-3,6,14H,4-5H2,1H3,(H3,10,11,12). The van der Waals surface area contributed by atoms with Gasteiger partial charge in [0.1, 0.15) is 11.6 Å². The summed E-state index contributed by atoms with van der Waals surface area (Å²) in [5.41, 5.74) is 5.28. The number of aliphatic hydroxyl groups excluding tert-OH is 1. The van der Waals surface area contributed by atoms with Crippen LogP contribution in [0.2, 0.25) is 0 Å². The zero-order valence-electron chi connectivity index (χ0n) is 9.29. The third-order valence-electron chi connectivity index (χ3n) is 1.98. The van der Waals surface area contributed by atoms with Crippen molar-refractivity contribution in [2.75, 3.05) is 31.4 Å². The lowest BCUT2D eigenvalue weighted by molar-refractivity contribution is -0.384. The van der Waals surface area contributed by atoms with Gasteiger partial charge in [0.25, 0.3) is 5.69 Å². The highest BCUT2D eigenvalue weighted by molar-refractivity contribution is 5.53. The molecule has 1 atom stereocenters. The molecule has 0 saturated carbocycles. The molecule has 4 N–H and O–H groups in total. The fourth-order valence-corrected chi connectivity index (χ4v) is 1.27. The summed E-state index contributed by atoms with van der Waals surface area (Å²) in [6.07, 6.45) is 0. The normalized spacial score (nSPS) is 12.1. The molecule has 1 aromatic heterocycles. The van der Waals surface area contributed by atoms with Crippen LogP contribution in [0.15, 0.2) is 12.1 Å². The fraction of sp³-hybridized carbons (Fsp3) is 0.444. The van der Waals surface area contributed by atoms with E-state index in [9.17, 15) is 10.1 Å². The van der Waals surface area contributed by atoms with Crippen LogP contribution >= 0.6 is 0 Å². The minimum absolute atomic E-state index is 0.0378. The molecule has 0 aliphatic rings. The molecular weight excluding hydrogens is 228 g/mol. The van der Waals surface area contributed by atoms with Crippen LogP contribution in [0, 0.1) is 10.1 Å². The smallest absolute Gasteiger partial charge is 0.276 e. The second-order valence-corrected chi connectivity index (χ2v) is 3.37. The van der Waals surface area contributed by atoms with Crippen molar-refractivity contribution < 1.29 is 14.8 Å². The van der Waals surface area contributed by atoms with Crippen molar-refractivity contribution in [1.29, 1.82) is 0 Å². The van der Waals surface area contributed by atoms with Gasteiger partial charge in [-0.25, -0.2) is 4.98 Å². The maximum absolute atomic E-state index is 10.6. The second-order valence-electron chi connectivity index (χ2n) is 3.37. The third-order valence-corrected chi connectivity index (χ3v) is 1.98. The molecule has 0 bridgehead atoms. The number of hydrogen-bond acceptors (Lipinski definition) is 7. The Labute approximate surface area is 97.6 Å². The van der Waals surface area contributed by atoms with Crippen LogP contribution in [0.5, 0.6) is 0 Å². The number of rotatable bonds is 6. The Morgan fingerprint density at radius 2 is 2.41 bits per heavy atom. The lowest BCUT2D eigenvalue weighted by atomic mass is 10.3. The van der Waals surface area contributed by atoms with Crippen LogP contribution < -0.4 is 11.1 Å². The van der Waals surface area contributed by atoms with Crippen molar-refractivity contribution in [1.82, 2.24) is 4.98 Å². The summed E-state index contributed by atoms with van der Waals surface area (Å²) in [5, 5.41) is 22.4. The van der Waals surface area contributed by atoms with Gasteiger partial charge in [-0.1, -0.05) is 0 Å². The van der Waals surface area contributed by atoms with E-state index in [1.165, 1.54) is 13.2 Å². The lowest BCUT2D eigenvalue weighted by Gasteiger charge is -2.15. The first-order chi connectivity index (χ1) is 8.06. The van der Waals surface area contributed by atoms with E-state index in [2.05, 4.69) is 10.3 Å². The monoisotopic (exact) mass is 242 g/mol. The first-order valence-corrected chi connectivity index (χ1v) is 4.85. The number of nitrogens with two attached hydrogens (primary N) is 1. The molecule has 0 amide bonds. The highest BCUT2D eigenvalue weighted by atomic mass is 16.6. The number of anilines is 2. The molecule has 0 aromatic carbocycles. The Kier molecular flexibility index (Phi) is 4.61. The Bertz CT molecular complexity index is 399. The molecule has 17 heavy (non-hydrogen) atoms. The van der Waals surface area contributed by atoms with Crippen LogP contribution in [-0.4, -0.2) is 41.4 Å². The van der Waals surface area contributed by atoms with Gasteiger partial charge < -0.3 is 20.9 Å². The first kappa shape index (κ1) is 13.1. The number of nitro groups is 1. The van der Waals surface area contributed by atoms with Gasteiger partial charge in [0, 0.05) is 7.11 Å². The molecule has 0 saturated heterocycles. The van der Waals surface area contributed by atoms with Gasteiger partial charge in [-0.15, -0.1) is 0 Å². The number of methoxy groups -OCH3 is 1. The van der Waals surface area contributed by atoms with Gasteiger partial charge in [0.15, 0.2) is 0 Å².